The van der Waals surface area contributed by atoms with Gasteiger partial charge in [-0.25, -0.2) is 0 Å². The zero-order valence-corrected chi connectivity index (χ0v) is 16.8. The SMILES string of the molecule is C=CCn1c(=NC(=O)c2cc3cc([N+](=O)[O-])ccc3s2)sc2cc([N+](=O)[O-])ccc21. The summed E-state index contributed by atoms with van der Waals surface area (Å²) < 4.78 is 3.13. The lowest BCUT2D eigenvalue weighted by atomic mass is 10.2. The fourth-order valence-electron chi connectivity index (χ4n) is 2.96. The van der Waals surface area contributed by atoms with Gasteiger partial charge in [0.1, 0.15) is 0 Å². The lowest BCUT2D eigenvalue weighted by molar-refractivity contribution is -0.384. The molecule has 30 heavy (non-hydrogen) atoms. The van der Waals surface area contributed by atoms with Gasteiger partial charge in [-0.1, -0.05) is 17.4 Å². The van der Waals surface area contributed by atoms with E-state index in [9.17, 15) is 25.0 Å². The van der Waals surface area contributed by atoms with Crippen LogP contribution in [-0.2, 0) is 6.54 Å². The zero-order chi connectivity index (χ0) is 21.4. The molecule has 4 rings (SSSR count). The van der Waals surface area contributed by atoms with E-state index in [0.717, 1.165) is 4.70 Å². The van der Waals surface area contributed by atoms with Crippen LogP contribution in [0.15, 0.2) is 60.1 Å². The second kappa shape index (κ2) is 7.61. The molecule has 0 aliphatic heterocycles. The summed E-state index contributed by atoms with van der Waals surface area (Å²) in [5, 5.41) is 22.6. The van der Waals surface area contributed by atoms with Crippen molar-refractivity contribution in [3.63, 3.8) is 0 Å². The molecule has 0 radical (unpaired) electrons. The highest BCUT2D eigenvalue weighted by molar-refractivity contribution is 7.21. The number of thiazole rings is 1. The number of amides is 1. The third-order valence-electron chi connectivity index (χ3n) is 4.31. The fraction of sp³-hybridized carbons (Fsp3) is 0.0526. The number of hydrogen-bond acceptors (Lipinski definition) is 7. The average molecular weight is 440 g/mol. The minimum Gasteiger partial charge on any atom is -0.312 e. The molecule has 0 unspecified atom stereocenters. The molecule has 2 aromatic heterocycles. The second-order valence-electron chi connectivity index (χ2n) is 6.20. The van der Waals surface area contributed by atoms with Gasteiger partial charge in [0, 0.05) is 40.9 Å². The van der Waals surface area contributed by atoms with Gasteiger partial charge in [-0.2, -0.15) is 4.99 Å². The Hall–Kier alpha value is -3.70. The Morgan fingerprint density at radius 2 is 1.73 bits per heavy atom. The molecule has 0 saturated heterocycles. The van der Waals surface area contributed by atoms with Crippen LogP contribution in [0.25, 0.3) is 20.3 Å². The highest BCUT2D eigenvalue weighted by Gasteiger charge is 2.15. The van der Waals surface area contributed by atoms with Crippen molar-refractivity contribution in [2.24, 2.45) is 4.99 Å². The molecule has 0 bridgehead atoms. The van der Waals surface area contributed by atoms with E-state index < -0.39 is 15.8 Å². The maximum Gasteiger partial charge on any atom is 0.289 e. The Balaban J connectivity index is 1.81. The number of allylic oxidation sites excluding steroid dienone is 1. The number of carbonyl (C=O) groups excluding carboxylic acids is 1. The number of benzene rings is 2. The van der Waals surface area contributed by atoms with Crippen LogP contribution in [0.5, 0.6) is 0 Å². The van der Waals surface area contributed by atoms with Crippen LogP contribution in [-0.4, -0.2) is 20.3 Å². The molecule has 11 heteroatoms. The van der Waals surface area contributed by atoms with E-state index in [1.165, 1.54) is 46.9 Å². The van der Waals surface area contributed by atoms with Gasteiger partial charge in [0.15, 0.2) is 4.80 Å². The van der Waals surface area contributed by atoms with Gasteiger partial charge in [-0.15, -0.1) is 17.9 Å². The van der Waals surface area contributed by atoms with E-state index >= 15 is 0 Å². The first kappa shape index (κ1) is 19.6. The number of rotatable bonds is 5. The summed E-state index contributed by atoms with van der Waals surface area (Å²) in [6, 6.07) is 10.5. The van der Waals surface area contributed by atoms with Crippen LogP contribution in [0.4, 0.5) is 11.4 Å². The molecule has 0 saturated carbocycles. The van der Waals surface area contributed by atoms with Crippen molar-refractivity contribution in [3.8, 4) is 0 Å². The van der Waals surface area contributed by atoms with Crippen LogP contribution < -0.4 is 4.80 Å². The molecule has 0 aliphatic rings. The lowest BCUT2D eigenvalue weighted by Gasteiger charge is -2.00. The third kappa shape index (κ3) is 3.51. The van der Waals surface area contributed by atoms with Crippen molar-refractivity contribution >= 4 is 60.3 Å². The Morgan fingerprint density at radius 1 is 1.03 bits per heavy atom. The van der Waals surface area contributed by atoms with Gasteiger partial charge >= 0.3 is 0 Å². The van der Waals surface area contributed by atoms with Crippen molar-refractivity contribution < 1.29 is 14.6 Å². The maximum absolute atomic E-state index is 12.8. The highest BCUT2D eigenvalue weighted by Crippen LogP contribution is 2.29. The van der Waals surface area contributed by atoms with Gasteiger partial charge in [0.2, 0.25) is 0 Å². The number of nitro groups is 2. The van der Waals surface area contributed by atoms with Crippen molar-refractivity contribution in [2.75, 3.05) is 0 Å². The molecule has 0 N–H and O–H groups in total. The van der Waals surface area contributed by atoms with E-state index in [0.29, 0.717) is 31.8 Å². The van der Waals surface area contributed by atoms with Crippen molar-refractivity contribution in [3.05, 3.63) is 85.0 Å². The molecule has 0 aliphatic carbocycles. The number of fused-ring (bicyclic) bond motifs is 2. The summed E-state index contributed by atoms with van der Waals surface area (Å²) in [5.41, 5.74) is 0.619. The van der Waals surface area contributed by atoms with Crippen LogP contribution >= 0.6 is 22.7 Å². The Bertz CT molecular complexity index is 1430. The molecule has 9 nitrogen and oxygen atoms in total. The first-order chi connectivity index (χ1) is 14.4. The van der Waals surface area contributed by atoms with E-state index in [1.807, 2.05) is 0 Å². The third-order valence-corrected chi connectivity index (χ3v) is 6.45. The standard InChI is InChI=1S/C19H12N4O5S2/c1-2-7-21-14-5-3-13(23(27)28)10-16(14)30-19(21)20-18(24)17-9-11-8-12(22(25)26)4-6-15(11)29-17/h2-6,8-10H,1,7H2. The van der Waals surface area contributed by atoms with E-state index in [2.05, 4.69) is 11.6 Å². The Morgan fingerprint density at radius 3 is 2.43 bits per heavy atom. The summed E-state index contributed by atoms with van der Waals surface area (Å²) in [6.45, 7) is 4.09. The fourth-order valence-corrected chi connectivity index (χ4v) is 4.96. The van der Waals surface area contributed by atoms with Crippen molar-refractivity contribution in [1.29, 1.82) is 0 Å². The minimum absolute atomic E-state index is 0.0431. The van der Waals surface area contributed by atoms with Crippen molar-refractivity contribution in [2.45, 2.75) is 6.54 Å². The molecule has 150 valence electrons. The van der Waals surface area contributed by atoms with Gasteiger partial charge in [0.05, 0.1) is 24.9 Å². The predicted octanol–water partition coefficient (Wildman–Crippen LogP) is 4.66. The molecular weight excluding hydrogens is 428 g/mol. The quantitative estimate of drug-likeness (QED) is 0.254. The monoisotopic (exact) mass is 440 g/mol. The largest absolute Gasteiger partial charge is 0.312 e. The molecule has 1 amide bonds. The lowest BCUT2D eigenvalue weighted by Crippen LogP contribution is -2.15. The summed E-state index contributed by atoms with van der Waals surface area (Å²) in [4.78, 5) is 38.8. The van der Waals surface area contributed by atoms with Gasteiger partial charge in [0.25, 0.3) is 17.3 Å². The number of thiophene rings is 1. The first-order valence-electron chi connectivity index (χ1n) is 8.53. The molecule has 0 fully saturated rings. The molecular formula is C19H12N4O5S2. The summed E-state index contributed by atoms with van der Waals surface area (Å²) in [5.74, 6) is -0.488. The minimum atomic E-state index is -0.489. The summed E-state index contributed by atoms with van der Waals surface area (Å²) in [7, 11) is 0. The second-order valence-corrected chi connectivity index (χ2v) is 8.29. The summed E-state index contributed by atoms with van der Waals surface area (Å²) >= 11 is 2.37. The molecule has 0 spiro atoms. The van der Waals surface area contributed by atoms with Gasteiger partial charge in [-0.05, 0) is 18.2 Å². The Labute approximate surface area is 176 Å². The summed E-state index contributed by atoms with van der Waals surface area (Å²) in [6.07, 6.45) is 1.65. The van der Waals surface area contributed by atoms with E-state index in [-0.39, 0.29) is 11.4 Å². The number of aromatic nitrogens is 1. The molecule has 2 aromatic carbocycles. The van der Waals surface area contributed by atoms with Crippen LogP contribution in [0.2, 0.25) is 0 Å². The number of hydrogen-bond donors (Lipinski definition) is 0. The van der Waals surface area contributed by atoms with Crippen molar-refractivity contribution in [1.82, 2.24) is 4.57 Å². The van der Waals surface area contributed by atoms with E-state index in [1.54, 1.807) is 28.8 Å². The van der Waals surface area contributed by atoms with E-state index in [4.69, 9.17) is 0 Å². The number of nitrogens with zero attached hydrogens (tertiary/aromatic N) is 4. The average Bonchev–Trinajstić information content (AvgIpc) is 3.28. The molecule has 4 aromatic rings. The molecule has 2 heterocycles. The smallest absolute Gasteiger partial charge is 0.289 e. The Kier molecular flexibility index (Phi) is 4.98. The van der Waals surface area contributed by atoms with Crippen LogP contribution in [0.3, 0.4) is 0 Å². The normalized spacial score (nSPS) is 11.8. The number of non-ortho nitro benzene ring substituents is 2. The first-order valence-corrected chi connectivity index (χ1v) is 10.2. The van der Waals surface area contributed by atoms with Crippen LogP contribution in [0.1, 0.15) is 9.67 Å². The number of nitro benzene ring substituents is 2. The van der Waals surface area contributed by atoms with Gasteiger partial charge in [-0.3, -0.25) is 25.0 Å². The zero-order valence-electron chi connectivity index (χ0n) is 15.2. The maximum atomic E-state index is 12.8. The number of carbonyl (C=O) groups is 1. The topological polar surface area (TPSA) is 121 Å². The molecule has 0 atom stereocenters. The van der Waals surface area contributed by atoms with Gasteiger partial charge < -0.3 is 4.57 Å². The highest BCUT2D eigenvalue weighted by atomic mass is 32.1. The van der Waals surface area contributed by atoms with Crippen LogP contribution in [0, 0.1) is 20.2 Å². The predicted molar refractivity (Wildman–Crippen MR) is 115 cm³/mol.